The Morgan fingerprint density at radius 2 is 1.84 bits per heavy atom. The number of fused-ring (bicyclic) bond motifs is 1. The van der Waals surface area contributed by atoms with Crippen LogP contribution in [0.15, 0.2) is 78.4 Å². The lowest BCUT2D eigenvalue weighted by Gasteiger charge is -2.26. The van der Waals surface area contributed by atoms with Crippen molar-refractivity contribution >= 4 is 17.4 Å². The van der Waals surface area contributed by atoms with Gasteiger partial charge in [0, 0.05) is 18.5 Å². The van der Waals surface area contributed by atoms with Gasteiger partial charge < -0.3 is 19.5 Å². The molecule has 196 valence electrons. The quantitative estimate of drug-likeness (QED) is 0.160. The molecular weight excluding hydrogens is 478 g/mol. The largest absolute Gasteiger partial charge is 0.507 e. The van der Waals surface area contributed by atoms with Gasteiger partial charge in [-0.2, -0.15) is 0 Å². The molecule has 1 saturated heterocycles. The predicted octanol–water partition coefficient (Wildman–Crippen LogP) is 6.20. The first-order valence-corrected chi connectivity index (χ1v) is 13.3. The van der Waals surface area contributed by atoms with Crippen LogP contribution in [-0.4, -0.2) is 34.4 Å². The summed E-state index contributed by atoms with van der Waals surface area (Å²) >= 11 is 0. The van der Waals surface area contributed by atoms with Crippen LogP contribution in [0.4, 0.5) is 0 Å². The maximum atomic E-state index is 13.5. The highest BCUT2D eigenvalue weighted by atomic mass is 16.5. The monoisotopic (exact) mass is 511 g/mol. The summed E-state index contributed by atoms with van der Waals surface area (Å²) in [7, 11) is 0. The molecule has 1 amide bonds. The average molecular weight is 512 g/mol. The molecule has 0 bridgehead atoms. The maximum Gasteiger partial charge on any atom is 0.295 e. The molecule has 0 spiro atoms. The van der Waals surface area contributed by atoms with Gasteiger partial charge in [-0.15, -0.1) is 0 Å². The first-order valence-electron chi connectivity index (χ1n) is 13.3. The predicted molar refractivity (Wildman–Crippen MR) is 146 cm³/mol. The van der Waals surface area contributed by atoms with Crippen molar-refractivity contribution in [1.29, 1.82) is 0 Å². The zero-order chi connectivity index (χ0) is 26.6. The highest BCUT2D eigenvalue weighted by molar-refractivity contribution is 6.46. The number of aliphatic hydroxyl groups excluding tert-OH is 1. The van der Waals surface area contributed by atoms with E-state index in [-0.39, 0.29) is 24.0 Å². The lowest BCUT2D eigenvalue weighted by molar-refractivity contribution is -0.140. The number of unbranched alkanes of at least 4 members (excludes halogenated alkanes) is 2. The van der Waals surface area contributed by atoms with Crippen LogP contribution in [0.5, 0.6) is 11.5 Å². The summed E-state index contributed by atoms with van der Waals surface area (Å²) in [4.78, 5) is 28.4. The second-order valence-electron chi connectivity index (χ2n) is 10.00. The van der Waals surface area contributed by atoms with Gasteiger partial charge in [-0.05, 0) is 60.4 Å². The molecule has 0 aromatic heterocycles. The number of carbonyl (C=O) groups is 2. The highest BCUT2D eigenvalue weighted by Crippen LogP contribution is 2.42. The minimum absolute atomic E-state index is 0.0546. The summed E-state index contributed by atoms with van der Waals surface area (Å²) in [5, 5.41) is 11.5. The number of ketones is 1. The van der Waals surface area contributed by atoms with E-state index in [1.165, 1.54) is 4.90 Å². The fraction of sp³-hybridized carbons (Fsp3) is 0.312. The normalized spacial score (nSPS) is 19.9. The van der Waals surface area contributed by atoms with Gasteiger partial charge in [0.2, 0.25) is 0 Å². The zero-order valence-corrected chi connectivity index (χ0v) is 21.9. The molecule has 2 aliphatic rings. The number of aliphatic hydroxyl groups is 1. The van der Waals surface area contributed by atoms with Crippen LogP contribution in [0.3, 0.4) is 0 Å². The van der Waals surface area contributed by atoms with Gasteiger partial charge in [0.25, 0.3) is 11.7 Å². The molecule has 2 heterocycles. The van der Waals surface area contributed by atoms with E-state index in [1.54, 1.807) is 6.07 Å². The van der Waals surface area contributed by atoms with E-state index in [1.807, 2.05) is 73.7 Å². The number of hydrogen-bond donors (Lipinski definition) is 1. The summed E-state index contributed by atoms with van der Waals surface area (Å²) in [5.41, 5.74) is 3.17. The molecule has 3 aromatic carbocycles. The van der Waals surface area contributed by atoms with Crippen LogP contribution in [-0.2, 0) is 22.6 Å². The third kappa shape index (κ3) is 5.17. The Bertz CT molecular complexity index is 1360. The molecular formula is C32H33NO5. The number of nitrogens with zero attached hydrogens (tertiary/aromatic N) is 1. The average Bonchev–Trinajstić information content (AvgIpc) is 3.42. The topological polar surface area (TPSA) is 76.1 Å². The number of Topliss-reactive ketones (excluding diaryl/α,β-unsaturated/α-hetero) is 1. The van der Waals surface area contributed by atoms with E-state index in [9.17, 15) is 14.7 Å². The van der Waals surface area contributed by atoms with E-state index in [0.717, 1.165) is 42.6 Å². The molecule has 0 saturated carbocycles. The molecule has 5 rings (SSSR count). The van der Waals surface area contributed by atoms with E-state index >= 15 is 0 Å². The van der Waals surface area contributed by atoms with Gasteiger partial charge in [-0.1, -0.05) is 62.2 Å². The van der Waals surface area contributed by atoms with Gasteiger partial charge in [0.05, 0.1) is 18.2 Å². The summed E-state index contributed by atoms with van der Waals surface area (Å²) in [5.74, 6) is -0.0493. The molecule has 0 radical (unpaired) electrons. The standard InChI is InChI=1S/C32H33NO5/c1-3-4-8-16-37-26-13-9-12-23(19-26)29-28(30(34)24-14-15-27-25(18-24)17-21(2)38-27)31(35)32(36)33(29)20-22-10-6-5-7-11-22/h5-7,9-15,18-19,21,29,34H,3-4,8,16-17,20H2,1-2H3/t21-,29-/m1/s1. The Labute approximate surface area is 223 Å². The van der Waals surface area contributed by atoms with Crippen LogP contribution in [0, 0.1) is 0 Å². The van der Waals surface area contributed by atoms with Crippen molar-refractivity contribution < 1.29 is 24.2 Å². The number of likely N-dealkylation sites (tertiary alicyclic amines) is 1. The Morgan fingerprint density at radius 3 is 2.63 bits per heavy atom. The lowest BCUT2D eigenvalue weighted by Crippen LogP contribution is -2.29. The fourth-order valence-electron chi connectivity index (χ4n) is 5.21. The van der Waals surface area contributed by atoms with Crippen molar-refractivity contribution in [3.63, 3.8) is 0 Å². The number of benzene rings is 3. The number of rotatable bonds is 9. The van der Waals surface area contributed by atoms with Crippen LogP contribution in [0.1, 0.15) is 61.4 Å². The first-order chi connectivity index (χ1) is 18.5. The van der Waals surface area contributed by atoms with Crippen molar-refractivity contribution in [2.24, 2.45) is 0 Å². The number of ether oxygens (including phenoxy) is 2. The summed E-state index contributed by atoms with van der Waals surface area (Å²) in [6.45, 7) is 4.97. The van der Waals surface area contributed by atoms with Crippen molar-refractivity contribution in [2.75, 3.05) is 6.61 Å². The number of amides is 1. The van der Waals surface area contributed by atoms with Crippen LogP contribution in [0.2, 0.25) is 0 Å². The van der Waals surface area contributed by atoms with Crippen molar-refractivity contribution in [2.45, 2.75) is 58.2 Å². The second kappa shape index (κ2) is 11.1. The Morgan fingerprint density at radius 1 is 1.03 bits per heavy atom. The molecule has 1 N–H and O–H groups in total. The molecule has 0 unspecified atom stereocenters. The van der Waals surface area contributed by atoms with Crippen molar-refractivity contribution in [3.8, 4) is 11.5 Å². The van der Waals surface area contributed by atoms with Crippen molar-refractivity contribution in [3.05, 3.63) is 101 Å². The first kappa shape index (κ1) is 25.6. The van der Waals surface area contributed by atoms with Gasteiger partial charge in [0.1, 0.15) is 23.4 Å². The molecule has 2 atom stereocenters. The third-order valence-corrected chi connectivity index (χ3v) is 7.10. The van der Waals surface area contributed by atoms with E-state index in [4.69, 9.17) is 9.47 Å². The third-order valence-electron chi connectivity index (χ3n) is 7.10. The summed E-state index contributed by atoms with van der Waals surface area (Å²) in [6.07, 6.45) is 3.92. The molecule has 6 nitrogen and oxygen atoms in total. The Kier molecular flexibility index (Phi) is 7.50. The number of carbonyl (C=O) groups excluding carboxylic acids is 2. The van der Waals surface area contributed by atoms with Crippen molar-refractivity contribution in [1.82, 2.24) is 4.90 Å². The van der Waals surface area contributed by atoms with Gasteiger partial charge in [0.15, 0.2) is 0 Å². The molecule has 1 fully saturated rings. The maximum absolute atomic E-state index is 13.5. The van der Waals surface area contributed by atoms with Gasteiger partial charge in [-0.25, -0.2) is 0 Å². The fourth-order valence-corrected chi connectivity index (χ4v) is 5.21. The Hall–Kier alpha value is -4.06. The zero-order valence-electron chi connectivity index (χ0n) is 21.9. The van der Waals surface area contributed by atoms with E-state index < -0.39 is 17.7 Å². The van der Waals surface area contributed by atoms with Gasteiger partial charge in [-0.3, -0.25) is 9.59 Å². The van der Waals surface area contributed by atoms with E-state index in [2.05, 4.69) is 6.92 Å². The Balaban J connectivity index is 1.56. The van der Waals surface area contributed by atoms with Crippen LogP contribution >= 0.6 is 0 Å². The summed E-state index contributed by atoms with van der Waals surface area (Å²) in [6, 6.07) is 21.7. The smallest absolute Gasteiger partial charge is 0.295 e. The SMILES string of the molecule is CCCCCOc1cccc([C@@H]2C(=C(O)c3ccc4c(c3)C[C@@H](C)O4)C(=O)C(=O)N2Cc2ccccc2)c1. The molecule has 2 aliphatic heterocycles. The lowest BCUT2D eigenvalue weighted by atomic mass is 9.94. The number of hydrogen-bond acceptors (Lipinski definition) is 5. The van der Waals surface area contributed by atoms with Crippen LogP contribution in [0.25, 0.3) is 5.76 Å². The molecule has 6 heteroatoms. The molecule has 0 aliphatic carbocycles. The van der Waals surface area contributed by atoms with E-state index in [0.29, 0.717) is 23.5 Å². The highest BCUT2D eigenvalue weighted by Gasteiger charge is 2.46. The molecule has 3 aromatic rings. The second-order valence-corrected chi connectivity index (χ2v) is 10.00. The van der Waals surface area contributed by atoms with Gasteiger partial charge >= 0.3 is 0 Å². The van der Waals surface area contributed by atoms with Crippen LogP contribution < -0.4 is 9.47 Å². The summed E-state index contributed by atoms with van der Waals surface area (Å²) < 4.78 is 11.8. The minimum atomic E-state index is -0.752. The molecule has 38 heavy (non-hydrogen) atoms. The minimum Gasteiger partial charge on any atom is -0.507 e.